The van der Waals surface area contributed by atoms with Crippen LogP contribution in [0.15, 0.2) is 16.5 Å². The molecule has 2 aromatic heterocycles. The Labute approximate surface area is 173 Å². The number of nitrogens with one attached hydrogen (secondary N) is 1. The van der Waals surface area contributed by atoms with Gasteiger partial charge in [0.1, 0.15) is 5.69 Å². The Morgan fingerprint density at radius 1 is 1.10 bits per heavy atom. The molecule has 1 saturated carbocycles. The number of hydrogen-bond acceptors (Lipinski definition) is 7. The number of anilines is 2. The standard InChI is InChI=1S/C22H34N6O/c1-4-17-15-27(13-14-28(17)18-9-7-6-8-10-18)20-12-11-19(24-16(20)3)21-25-26-22(29-21)23-5-2/h11-12,17-18H,4-10,13-15H2,1-3H3,(H,23,26)/t17-/m0/s1. The van der Waals surface area contributed by atoms with E-state index in [0.29, 0.717) is 17.9 Å². The Balaban J connectivity index is 1.46. The van der Waals surface area contributed by atoms with Crippen LogP contribution in [0.2, 0.25) is 0 Å². The first-order valence-electron chi connectivity index (χ1n) is 11.3. The highest BCUT2D eigenvalue weighted by atomic mass is 16.4. The maximum atomic E-state index is 5.65. The average Bonchev–Trinajstić information content (AvgIpc) is 3.23. The van der Waals surface area contributed by atoms with Crippen LogP contribution in [0.3, 0.4) is 0 Å². The van der Waals surface area contributed by atoms with E-state index in [-0.39, 0.29) is 0 Å². The molecule has 2 aromatic rings. The molecule has 0 aromatic carbocycles. The molecule has 0 radical (unpaired) electrons. The molecule has 1 N–H and O–H groups in total. The van der Waals surface area contributed by atoms with Crippen LogP contribution in [0.25, 0.3) is 11.6 Å². The summed E-state index contributed by atoms with van der Waals surface area (Å²) in [6, 6.07) is 6.03. The van der Waals surface area contributed by atoms with Crippen molar-refractivity contribution in [1.29, 1.82) is 0 Å². The van der Waals surface area contributed by atoms with Gasteiger partial charge < -0.3 is 14.6 Å². The van der Waals surface area contributed by atoms with Gasteiger partial charge in [-0.25, -0.2) is 4.98 Å². The van der Waals surface area contributed by atoms with Gasteiger partial charge in [0.2, 0.25) is 0 Å². The molecule has 0 amide bonds. The van der Waals surface area contributed by atoms with Gasteiger partial charge in [-0.05, 0) is 45.2 Å². The van der Waals surface area contributed by atoms with E-state index >= 15 is 0 Å². The average molecular weight is 399 g/mol. The highest BCUT2D eigenvalue weighted by molar-refractivity contribution is 5.58. The van der Waals surface area contributed by atoms with Crippen LogP contribution in [0.5, 0.6) is 0 Å². The molecule has 0 spiro atoms. The van der Waals surface area contributed by atoms with Crippen molar-refractivity contribution in [2.24, 2.45) is 0 Å². The third-order valence-corrected chi connectivity index (χ3v) is 6.41. The van der Waals surface area contributed by atoms with Crippen LogP contribution in [0.4, 0.5) is 11.7 Å². The van der Waals surface area contributed by atoms with E-state index < -0.39 is 0 Å². The minimum atomic E-state index is 0.440. The van der Waals surface area contributed by atoms with E-state index in [0.717, 1.165) is 43.6 Å². The molecule has 7 heteroatoms. The Morgan fingerprint density at radius 3 is 2.66 bits per heavy atom. The lowest BCUT2D eigenvalue weighted by molar-refractivity contribution is 0.0896. The van der Waals surface area contributed by atoms with E-state index in [4.69, 9.17) is 9.40 Å². The summed E-state index contributed by atoms with van der Waals surface area (Å²) in [4.78, 5) is 10.1. The summed E-state index contributed by atoms with van der Waals surface area (Å²) in [5.74, 6) is 0.462. The topological polar surface area (TPSA) is 70.3 Å². The molecule has 1 aliphatic heterocycles. The second-order valence-electron chi connectivity index (χ2n) is 8.28. The van der Waals surface area contributed by atoms with Crippen molar-refractivity contribution < 1.29 is 4.42 Å². The van der Waals surface area contributed by atoms with Crippen LogP contribution in [0.1, 0.15) is 58.1 Å². The number of rotatable bonds is 6. The highest BCUT2D eigenvalue weighted by Gasteiger charge is 2.32. The molecule has 3 heterocycles. The number of hydrogen-bond donors (Lipinski definition) is 1. The first-order chi connectivity index (χ1) is 14.2. The molecular formula is C22H34N6O. The van der Waals surface area contributed by atoms with Crippen LogP contribution in [-0.2, 0) is 0 Å². The smallest absolute Gasteiger partial charge is 0.315 e. The summed E-state index contributed by atoms with van der Waals surface area (Å²) in [5.41, 5.74) is 2.98. The van der Waals surface area contributed by atoms with Crippen LogP contribution < -0.4 is 10.2 Å². The number of aromatic nitrogens is 3. The zero-order valence-electron chi connectivity index (χ0n) is 18.0. The number of nitrogens with zero attached hydrogens (tertiary/aromatic N) is 5. The van der Waals surface area contributed by atoms with Crippen molar-refractivity contribution >= 4 is 11.7 Å². The van der Waals surface area contributed by atoms with Gasteiger partial charge >= 0.3 is 6.01 Å². The fourth-order valence-corrected chi connectivity index (χ4v) is 4.90. The lowest BCUT2D eigenvalue weighted by Gasteiger charge is -2.47. The van der Waals surface area contributed by atoms with Crippen molar-refractivity contribution in [3.63, 3.8) is 0 Å². The maximum absolute atomic E-state index is 5.65. The lowest BCUT2D eigenvalue weighted by atomic mass is 9.92. The van der Waals surface area contributed by atoms with Gasteiger partial charge in [-0.2, -0.15) is 0 Å². The molecule has 2 aliphatic rings. The fourth-order valence-electron chi connectivity index (χ4n) is 4.90. The van der Waals surface area contributed by atoms with E-state index in [1.165, 1.54) is 44.2 Å². The monoisotopic (exact) mass is 398 g/mol. The SMILES string of the molecule is CCNc1nnc(-c2ccc(N3CCN(C4CCCCC4)[C@@H](CC)C3)c(C)n2)o1. The quantitative estimate of drug-likeness (QED) is 0.785. The normalized spacial score (nSPS) is 21.5. The minimum absolute atomic E-state index is 0.440. The lowest BCUT2D eigenvalue weighted by Crippen LogP contribution is -2.57. The zero-order chi connectivity index (χ0) is 20.2. The van der Waals surface area contributed by atoms with Crippen molar-refractivity contribution in [3.05, 3.63) is 17.8 Å². The molecule has 7 nitrogen and oxygen atoms in total. The fraction of sp³-hybridized carbons (Fsp3) is 0.682. The Bertz CT molecular complexity index is 800. The Kier molecular flexibility index (Phi) is 6.33. The number of pyridine rings is 1. The van der Waals surface area contributed by atoms with Gasteiger partial charge in [0.05, 0.1) is 11.4 Å². The van der Waals surface area contributed by atoms with Crippen LogP contribution >= 0.6 is 0 Å². The van der Waals surface area contributed by atoms with Gasteiger partial charge in [0.25, 0.3) is 5.89 Å². The van der Waals surface area contributed by atoms with Gasteiger partial charge in [-0.3, -0.25) is 4.90 Å². The summed E-state index contributed by atoms with van der Waals surface area (Å²) < 4.78 is 5.65. The largest absolute Gasteiger partial charge is 0.402 e. The van der Waals surface area contributed by atoms with Gasteiger partial charge in [0, 0.05) is 38.3 Å². The Hall–Kier alpha value is -2.15. The predicted octanol–water partition coefficient (Wildman–Crippen LogP) is 4.11. The van der Waals surface area contributed by atoms with E-state index in [2.05, 4.69) is 45.2 Å². The molecule has 2 fully saturated rings. The van der Waals surface area contributed by atoms with Crippen LogP contribution in [-0.4, -0.2) is 58.3 Å². The summed E-state index contributed by atoms with van der Waals surface area (Å²) in [7, 11) is 0. The van der Waals surface area contributed by atoms with Gasteiger partial charge in [0.15, 0.2) is 0 Å². The van der Waals surface area contributed by atoms with Crippen LogP contribution in [0, 0.1) is 6.92 Å². The van der Waals surface area contributed by atoms with Gasteiger partial charge in [-0.1, -0.05) is 31.3 Å². The molecule has 1 aliphatic carbocycles. The number of aryl methyl sites for hydroxylation is 1. The summed E-state index contributed by atoms with van der Waals surface area (Å²) in [5, 5.41) is 11.2. The van der Waals surface area contributed by atoms with E-state index in [1.807, 2.05) is 13.0 Å². The summed E-state index contributed by atoms with van der Waals surface area (Å²) in [6.07, 6.45) is 8.18. The van der Waals surface area contributed by atoms with E-state index in [9.17, 15) is 0 Å². The first-order valence-corrected chi connectivity index (χ1v) is 11.3. The van der Waals surface area contributed by atoms with Crippen molar-refractivity contribution in [3.8, 4) is 11.6 Å². The maximum Gasteiger partial charge on any atom is 0.315 e. The summed E-state index contributed by atoms with van der Waals surface area (Å²) in [6.45, 7) is 10.5. The van der Waals surface area contributed by atoms with Crippen molar-refractivity contribution in [1.82, 2.24) is 20.1 Å². The third kappa shape index (κ3) is 4.39. The Morgan fingerprint density at radius 2 is 1.93 bits per heavy atom. The summed E-state index contributed by atoms with van der Waals surface area (Å²) >= 11 is 0. The minimum Gasteiger partial charge on any atom is -0.402 e. The second-order valence-corrected chi connectivity index (χ2v) is 8.28. The molecule has 4 rings (SSSR count). The molecule has 29 heavy (non-hydrogen) atoms. The highest BCUT2D eigenvalue weighted by Crippen LogP contribution is 2.30. The second kappa shape index (κ2) is 9.11. The number of piperazine rings is 1. The molecular weight excluding hydrogens is 364 g/mol. The van der Waals surface area contributed by atoms with Crippen molar-refractivity contribution in [2.45, 2.75) is 71.4 Å². The van der Waals surface area contributed by atoms with Crippen molar-refractivity contribution in [2.75, 3.05) is 36.4 Å². The zero-order valence-corrected chi connectivity index (χ0v) is 18.0. The first kappa shape index (κ1) is 20.1. The molecule has 0 unspecified atom stereocenters. The van der Waals surface area contributed by atoms with E-state index in [1.54, 1.807) is 0 Å². The molecule has 1 atom stereocenters. The molecule has 158 valence electrons. The molecule has 1 saturated heterocycles. The predicted molar refractivity (Wildman–Crippen MR) is 116 cm³/mol. The molecule has 0 bridgehead atoms. The van der Waals surface area contributed by atoms with Gasteiger partial charge in [-0.15, -0.1) is 5.10 Å². The third-order valence-electron chi connectivity index (χ3n) is 6.41.